The number of ether oxygens (including phenoxy) is 1. The van der Waals surface area contributed by atoms with Crippen LogP contribution in [0.15, 0.2) is 59.0 Å². The molecule has 2 aromatic carbocycles. The highest BCUT2D eigenvalue weighted by atomic mass is 35.5. The molecule has 26 heavy (non-hydrogen) atoms. The van der Waals surface area contributed by atoms with Gasteiger partial charge in [0.05, 0.1) is 10.6 Å². The maximum absolute atomic E-state index is 12.3. The second-order valence-corrected chi connectivity index (χ2v) is 6.04. The second kappa shape index (κ2) is 7.77. The molecule has 3 aromatic rings. The molecular formula is C20H15ClN2O3. The first kappa shape index (κ1) is 17.6. The van der Waals surface area contributed by atoms with E-state index in [0.717, 1.165) is 11.3 Å². The number of rotatable bonds is 5. The van der Waals surface area contributed by atoms with Crippen molar-refractivity contribution in [3.05, 3.63) is 82.3 Å². The molecule has 5 nitrogen and oxygen atoms in total. The number of benzene rings is 2. The number of anilines is 1. The average Bonchev–Trinajstić information content (AvgIpc) is 3.11. The van der Waals surface area contributed by atoms with E-state index in [9.17, 15) is 4.79 Å². The van der Waals surface area contributed by atoms with Gasteiger partial charge in [0.25, 0.3) is 5.91 Å². The van der Waals surface area contributed by atoms with E-state index in [0.29, 0.717) is 17.0 Å². The quantitative estimate of drug-likeness (QED) is 0.693. The van der Waals surface area contributed by atoms with E-state index in [1.807, 2.05) is 37.3 Å². The fraction of sp³-hybridized carbons (Fsp3) is 0.100. The van der Waals surface area contributed by atoms with Crippen LogP contribution in [0.4, 0.5) is 5.69 Å². The third-order valence-corrected chi connectivity index (χ3v) is 3.95. The standard InChI is InChI=1S/C20H15ClN2O3/c1-13-2-6-16(7-3-13)25-12-17-8-9-19(26-17)20(24)23-15-5-4-14(11-22)18(21)10-15/h2-10H,12H2,1H3,(H,23,24). The summed E-state index contributed by atoms with van der Waals surface area (Å²) in [6.07, 6.45) is 0. The molecule has 0 aliphatic rings. The van der Waals surface area contributed by atoms with Gasteiger partial charge in [0, 0.05) is 5.69 Å². The molecule has 6 heteroatoms. The zero-order chi connectivity index (χ0) is 18.5. The summed E-state index contributed by atoms with van der Waals surface area (Å²) in [6.45, 7) is 2.22. The number of nitrogens with zero attached hydrogens (tertiary/aromatic N) is 1. The van der Waals surface area contributed by atoms with Crippen LogP contribution in [-0.4, -0.2) is 5.91 Å². The highest BCUT2D eigenvalue weighted by Gasteiger charge is 2.13. The maximum Gasteiger partial charge on any atom is 0.291 e. The van der Waals surface area contributed by atoms with E-state index in [1.165, 1.54) is 6.07 Å². The number of furan rings is 1. The lowest BCUT2D eigenvalue weighted by Gasteiger charge is -2.05. The number of hydrogen-bond donors (Lipinski definition) is 1. The van der Waals surface area contributed by atoms with Crippen LogP contribution < -0.4 is 10.1 Å². The van der Waals surface area contributed by atoms with E-state index in [-0.39, 0.29) is 17.4 Å². The van der Waals surface area contributed by atoms with Crippen molar-refractivity contribution in [2.45, 2.75) is 13.5 Å². The first-order valence-corrected chi connectivity index (χ1v) is 8.22. The normalized spacial score (nSPS) is 10.2. The van der Waals surface area contributed by atoms with Crippen LogP contribution in [0.25, 0.3) is 0 Å². The van der Waals surface area contributed by atoms with Gasteiger partial charge in [-0.2, -0.15) is 5.26 Å². The Kier molecular flexibility index (Phi) is 5.26. The van der Waals surface area contributed by atoms with Gasteiger partial charge in [0.15, 0.2) is 5.76 Å². The summed E-state index contributed by atoms with van der Waals surface area (Å²) in [5.41, 5.74) is 1.98. The smallest absolute Gasteiger partial charge is 0.291 e. The number of nitriles is 1. The van der Waals surface area contributed by atoms with Crippen LogP contribution >= 0.6 is 11.6 Å². The molecule has 0 atom stereocenters. The highest BCUT2D eigenvalue weighted by Crippen LogP contribution is 2.21. The number of halogens is 1. The molecule has 0 saturated heterocycles. The topological polar surface area (TPSA) is 75.3 Å². The largest absolute Gasteiger partial charge is 0.486 e. The van der Waals surface area contributed by atoms with Crippen molar-refractivity contribution in [2.75, 3.05) is 5.32 Å². The lowest BCUT2D eigenvalue weighted by molar-refractivity contribution is 0.0992. The van der Waals surface area contributed by atoms with Crippen molar-refractivity contribution in [3.63, 3.8) is 0 Å². The van der Waals surface area contributed by atoms with E-state index < -0.39 is 5.91 Å². The van der Waals surface area contributed by atoms with Gasteiger partial charge in [-0.15, -0.1) is 0 Å². The lowest BCUT2D eigenvalue weighted by Crippen LogP contribution is -2.10. The van der Waals surface area contributed by atoms with Crippen LogP contribution in [0.3, 0.4) is 0 Å². The van der Waals surface area contributed by atoms with Crippen molar-refractivity contribution in [1.29, 1.82) is 5.26 Å². The first-order valence-electron chi connectivity index (χ1n) is 7.84. The molecule has 0 bridgehead atoms. The summed E-state index contributed by atoms with van der Waals surface area (Å²) in [5.74, 6) is 1.01. The predicted molar refractivity (Wildman–Crippen MR) is 98.3 cm³/mol. The molecule has 3 rings (SSSR count). The fourth-order valence-electron chi connectivity index (χ4n) is 2.24. The summed E-state index contributed by atoms with van der Waals surface area (Å²) in [5, 5.41) is 11.8. The summed E-state index contributed by atoms with van der Waals surface area (Å²) >= 11 is 5.96. The first-order chi connectivity index (χ1) is 12.5. The zero-order valence-corrected chi connectivity index (χ0v) is 14.7. The van der Waals surface area contributed by atoms with Crippen molar-refractivity contribution in [2.24, 2.45) is 0 Å². The summed E-state index contributed by atoms with van der Waals surface area (Å²) in [7, 11) is 0. The van der Waals surface area contributed by atoms with Crippen molar-refractivity contribution >= 4 is 23.2 Å². The van der Waals surface area contributed by atoms with Gasteiger partial charge >= 0.3 is 0 Å². The van der Waals surface area contributed by atoms with Gasteiger partial charge in [-0.3, -0.25) is 4.79 Å². The third kappa shape index (κ3) is 4.24. The molecular weight excluding hydrogens is 352 g/mol. The molecule has 0 fully saturated rings. The Morgan fingerprint density at radius 3 is 2.65 bits per heavy atom. The Bertz CT molecular complexity index is 971. The number of amides is 1. The third-order valence-electron chi connectivity index (χ3n) is 3.63. The van der Waals surface area contributed by atoms with Crippen molar-refractivity contribution in [1.82, 2.24) is 0 Å². The minimum absolute atomic E-state index is 0.160. The van der Waals surface area contributed by atoms with Gasteiger partial charge in [0.1, 0.15) is 24.2 Å². The van der Waals surface area contributed by atoms with Crippen LogP contribution in [-0.2, 0) is 6.61 Å². The average molecular weight is 367 g/mol. The Morgan fingerprint density at radius 1 is 1.19 bits per heavy atom. The molecule has 0 spiro atoms. The molecule has 1 aromatic heterocycles. The molecule has 1 amide bonds. The Balaban J connectivity index is 1.61. The number of carbonyl (C=O) groups is 1. The van der Waals surface area contributed by atoms with Gasteiger partial charge in [-0.1, -0.05) is 29.3 Å². The predicted octanol–water partition coefficient (Wildman–Crippen LogP) is 4.94. The Morgan fingerprint density at radius 2 is 1.96 bits per heavy atom. The van der Waals surface area contributed by atoms with Gasteiger partial charge in [0.2, 0.25) is 0 Å². The zero-order valence-electron chi connectivity index (χ0n) is 14.0. The summed E-state index contributed by atoms with van der Waals surface area (Å²) in [4.78, 5) is 12.3. The van der Waals surface area contributed by atoms with E-state index in [1.54, 1.807) is 24.3 Å². The lowest BCUT2D eigenvalue weighted by atomic mass is 10.2. The molecule has 0 aliphatic heterocycles. The van der Waals surface area contributed by atoms with Crippen molar-refractivity contribution in [3.8, 4) is 11.8 Å². The molecule has 130 valence electrons. The van der Waals surface area contributed by atoms with Crippen LogP contribution in [0, 0.1) is 18.3 Å². The van der Waals surface area contributed by atoms with E-state index >= 15 is 0 Å². The van der Waals surface area contributed by atoms with Gasteiger partial charge < -0.3 is 14.5 Å². The molecule has 0 radical (unpaired) electrons. The number of aryl methyl sites for hydroxylation is 1. The molecule has 0 unspecified atom stereocenters. The van der Waals surface area contributed by atoms with Crippen LogP contribution in [0.2, 0.25) is 5.02 Å². The SMILES string of the molecule is Cc1ccc(OCc2ccc(C(=O)Nc3ccc(C#N)c(Cl)c3)o2)cc1. The minimum Gasteiger partial charge on any atom is -0.486 e. The van der Waals surface area contributed by atoms with Crippen LogP contribution in [0.5, 0.6) is 5.75 Å². The Hall–Kier alpha value is -3.23. The fourth-order valence-corrected chi connectivity index (χ4v) is 2.47. The van der Waals surface area contributed by atoms with Crippen LogP contribution in [0.1, 0.15) is 27.4 Å². The molecule has 1 heterocycles. The molecule has 1 N–H and O–H groups in total. The van der Waals surface area contributed by atoms with E-state index in [2.05, 4.69) is 5.32 Å². The maximum atomic E-state index is 12.3. The van der Waals surface area contributed by atoms with E-state index in [4.69, 9.17) is 26.0 Å². The van der Waals surface area contributed by atoms with Gasteiger partial charge in [-0.05, 0) is 49.4 Å². The van der Waals surface area contributed by atoms with Gasteiger partial charge in [-0.25, -0.2) is 0 Å². The summed E-state index contributed by atoms with van der Waals surface area (Å²) in [6, 6.07) is 17.6. The van der Waals surface area contributed by atoms with Crippen molar-refractivity contribution < 1.29 is 13.9 Å². The molecule has 0 aliphatic carbocycles. The minimum atomic E-state index is -0.410. The molecule has 0 saturated carbocycles. The second-order valence-electron chi connectivity index (χ2n) is 5.63. The summed E-state index contributed by atoms with van der Waals surface area (Å²) < 4.78 is 11.1. The monoisotopic (exact) mass is 366 g/mol. The highest BCUT2D eigenvalue weighted by molar-refractivity contribution is 6.32. The number of carbonyl (C=O) groups excluding carboxylic acids is 1. The number of nitrogens with one attached hydrogen (secondary N) is 1. The Labute approximate surface area is 155 Å². The number of hydrogen-bond acceptors (Lipinski definition) is 4.